The molecule has 25 heavy (non-hydrogen) atoms. The Kier molecular flexibility index (Phi) is 3.80. The fourth-order valence-electron chi connectivity index (χ4n) is 2.96. The predicted molar refractivity (Wildman–Crippen MR) is 97.6 cm³/mol. The number of hydrogen-bond donors (Lipinski definition) is 0. The molecule has 6 heteroatoms. The van der Waals surface area contributed by atoms with Crippen molar-refractivity contribution in [2.45, 2.75) is 33.6 Å². The van der Waals surface area contributed by atoms with Crippen LogP contribution in [0, 0.1) is 13.8 Å². The molecule has 0 unspecified atom stereocenters. The molecule has 6 nitrogen and oxygen atoms in total. The van der Waals surface area contributed by atoms with Gasteiger partial charge in [0.2, 0.25) is 0 Å². The first-order chi connectivity index (χ1) is 12.2. The molecule has 0 aliphatic rings. The molecule has 4 aromatic heterocycles. The second kappa shape index (κ2) is 6.12. The summed E-state index contributed by atoms with van der Waals surface area (Å²) >= 11 is 0. The largest absolute Gasteiger partial charge is 0.220 e. The molecule has 0 N–H and O–H groups in total. The number of allylic oxidation sites excluding steroid dienone is 1. The van der Waals surface area contributed by atoms with Gasteiger partial charge in [-0.3, -0.25) is 0 Å². The van der Waals surface area contributed by atoms with Crippen LogP contribution in [0.5, 0.6) is 0 Å². The minimum atomic E-state index is 0.714. The van der Waals surface area contributed by atoms with Gasteiger partial charge in [-0.15, -0.1) is 0 Å². The van der Waals surface area contributed by atoms with Crippen LogP contribution in [0.15, 0.2) is 36.5 Å². The molecule has 0 saturated carbocycles. The van der Waals surface area contributed by atoms with E-state index in [1.54, 1.807) is 0 Å². The summed E-state index contributed by atoms with van der Waals surface area (Å²) in [6.45, 7) is 6.09. The zero-order chi connectivity index (χ0) is 17.4. The third kappa shape index (κ3) is 2.80. The monoisotopic (exact) mass is 332 g/mol. The zero-order valence-corrected chi connectivity index (χ0v) is 14.6. The molecule has 0 aliphatic heterocycles. The molecule has 0 amide bonds. The van der Waals surface area contributed by atoms with Crippen molar-refractivity contribution >= 4 is 17.4 Å². The van der Waals surface area contributed by atoms with Gasteiger partial charge in [-0.2, -0.15) is 10.2 Å². The van der Waals surface area contributed by atoms with E-state index in [2.05, 4.69) is 39.2 Å². The van der Waals surface area contributed by atoms with Gasteiger partial charge in [0, 0.05) is 30.3 Å². The van der Waals surface area contributed by atoms with Crippen LogP contribution in [0.2, 0.25) is 0 Å². The molecular formula is C19H20N6. The molecule has 4 aromatic rings. The first-order valence-corrected chi connectivity index (χ1v) is 8.44. The van der Waals surface area contributed by atoms with Crippen LogP contribution < -0.4 is 0 Å². The van der Waals surface area contributed by atoms with E-state index >= 15 is 0 Å². The smallest absolute Gasteiger partial charge is 0.162 e. The summed E-state index contributed by atoms with van der Waals surface area (Å²) in [5, 5.41) is 9.19. The van der Waals surface area contributed by atoms with Gasteiger partial charge in [0.1, 0.15) is 0 Å². The Bertz CT molecular complexity index is 1050. The lowest BCUT2D eigenvalue weighted by molar-refractivity contribution is 0.783. The van der Waals surface area contributed by atoms with E-state index < -0.39 is 0 Å². The van der Waals surface area contributed by atoms with Crippen molar-refractivity contribution in [1.82, 2.24) is 29.2 Å². The van der Waals surface area contributed by atoms with E-state index in [9.17, 15) is 0 Å². The zero-order valence-electron chi connectivity index (χ0n) is 14.6. The highest BCUT2D eigenvalue weighted by atomic mass is 15.3. The Hall–Kier alpha value is -3.02. The second-order valence-electron chi connectivity index (χ2n) is 6.18. The third-order valence-corrected chi connectivity index (χ3v) is 4.27. The molecule has 0 spiro atoms. The van der Waals surface area contributed by atoms with Gasteiger partial charge in [-0.05, 0) is 44.5 Å². The minimum absolute atomic E-state index is 0.714. The fraction of sp³-hybridized carbons (Fsp3) is 0.263. The fourth-order valence-corrected chi connectivity index (χ4v) is 2.96. The lowest BCUT2D eigenvalue weighted by Gasteiger charge is -1.98. The molecule has 126 valence electrons. The number of aryl methyl sites for hydroxylation is 4. The van der Waals surface area contributed by atoms with E-state index in [4.69, 9.17) is 0 Å². The summed E-state index contributed by atoms with van der Waals surface area (Å²) < 4.78 is 3.74. The molecule has 0 aliphatic carbocycles. The van der Waals surface area contributed by atoms with Crippen molar-refractivity contribution < 1.29 is 0 Å². The number of hydrogen-bond acceptors (Lipinski definition) is 4. The molecule has 0 aromatic carbocycles. The number of rotatable bonds is 4. The normalized spacial score (nSPS) is 12.0. The maximum atomic E-state index is 4.67. The summed E-state index contributed by atoms with van der Waals surface area (Å²) in [4.78, 5) is 9.34. The Morgan fingerprint density at radius 3 is 2.48 bits per heavy atom. The quantitative estimate of drug-likeness (QED) is 0.576. The van der Waals surface area contributed by atoms with Gasteiger partial charge < -0.3 is 0 Å². The average Bonchev–Trinajstić information content (AvgIpc) is 3.22. The molecular weight excluding hydrogens is 312 g/mol. The standard InChI is InChI=1S/C19H20N6/c1-4-6-15-7-5-12-24-19(15)21-16(22-24)10-11-17-20-18-13(2)8-9-14(3)25(18)23-17/h4-9,12H,10-11H2,1-3H3/b6-4-. The second-order valence-corrected chi connectivity index (χ2v) is 6.18. The number of aromatic nitrogens is 6. The SMILES string of the molecule is C/C=C\c1cccn2nc(CCc3nc4c(C)ccc(C)n4n3)nc12. The van der Waals surface area contributed by atoms with Crippen LogP contribution in [0.4, 0.5) is 0 Å². The molecule has 4 heterocycles. The van der Waals surface area contributed by atoms with E-state index in [-0.39, 0.29) is 0 Å². The maximum absolute atomic E-state index is 4.67. The molecule has 0 saturated heterocycles. The molecule has 0 fully saturated rings. The van der Waals surface area contributed by atoms with Crippen molar-refractivity contribution in [3.05, 3.63) is 65.0 Å². The van der Waals surface area contributed by atoms with Crippen LogP contribution >= 0.6 is 0 Å². The van der Waals surface area contributed by atoms with Gasteiger partial charge in [-0.25, -0.2) is 19.0 Å². The van der Waals surface area contributed by atoms with Crippen LogP contribution in [0.1, 0.15) is 35.4 Å². The predicted octanol–water partition coefficient (Wildman–Crippen LogP) is 3.21. The lowest BCUT2D eigenvalue weighted by Crippen LogP contribution is -1.98. The van der Waals surface area contributed by atoms with E-state index in [1.807, 2.05) is 53.4 Å². The van der Waals surface area contributed by atoms with Gasteiger partial charge in [0.05, 0.1) is 0 Å². The van der Waals surface area contributed by atoms with Crippen LogP contribution in [0.25, 0.3) is 17.4 Å². The summed E-state index contributed by atoms with van der Waals surface area (Å²) in [6.07, 6.45) is 7.41. The summed E-state index contributed by atoms with van der Waals surface area (Å²) in [5.74, 6) is 1.63. The number of pyridine rings is 2. The Morgan fingerprint density at radius 1 is 0.960 bits per heavy atom. The van der Waals surface area contributed by atoms with Crippen LogP contribution in [-0.2, 0) is 12.8 Å². The van der Waals surface area contributed by atoms with Gasteiger partial charge in [0.15, 0.2) is 22.9 Å². The van der Waals surface area contributed by atoms with Crippen LogP contribution in [-0.4, -0.2) is 29.2 Å². The molecule has 4 rings (SSSR count). The number of nitrogens with zero attached hydrogens (tertiary/aromatic N) is 6. The average molecular weight is 332 g/mol. The first-order valence-electron chi connectivity index (χ1n) is 8.44. The van der Waals surface area contributed by atoms with E-state index in [1.165, 1.54) is 0 Å². The third-order valence-electron chi connectivity index (χ3n) is 4.27. The molecule has 0 bridgehead atoms. The van der Waals surface area contributed by atoms with Gasteiger partial charge in [0.25, 0.3) is 0 Å². The van der Waals surface area contributed by atoms with E-state index in [0.717, 1.165) is 46.2 Å². The van der Waals surface area contributed by atoms with Crippen molar-refractivity contribution in [2.75, 3.05) is 0 Å². The van der Waals surface area contributed by atoms with Crippen molar-refractivity contribution in [3.63, 3.8) is 0 Å². The van der Waals surface area contributed by atoms with Crippen molar-refractivity contribution in [3.8, 4) is 0 Å². The topological polar surface area (TPSA) is 60.4 Å². The van der Waals surface area contributed by atoms with Crippen molar-refractivity contribution in [1.29, 1.82) is 0 Å². The Labute approximate surface area is 145 Å². The summed E-state index contributed by atoms with van der Waals surface area (Å²) in [6, 6.07) is 8.17. The van der Waals surface area contributed by atoms with E-state index in [0.29, 0.717) is 6.42 Å². The Morgan fingerprint density at radius 2 is 1.72 bits per heavy atom. The highest BCUT2D eigenvalue weighted by molar-refractivity contribution is 5.64. The Balaban J connectivity index is 1.61. The van der Waals surface area contributed by atoms with Gasteiger partial charge >= 0.3 is 0 Å². The highest BCUT2D eigenvalue weighted by Crippen LogP contribution is 2.14. The first kappa shape index (κ1) is 15.5. The molecule has 0 radical (unpaired) electrons. The number of fused-ring (bicyclic) bond motifs is 2. The maximum Gasteiger partial charge on any atom is 0.162 e. The minimum Gasteiger partial charge on any atom is -0.220 e. The van der Waals surface area contributed by atoms with Crippen molar-refractivity contribution in [2.24, 2.45) is 0 Å². The lowest BCUT2D eigenvalue weighted by atomic mass is 10.2. The van der Waals surface area contributed by atoms with Crippen LogP contribution in [0.3, 0.4) is 0 Å². The summed E-state index contributed by atoms with van der Waals surface area (Å²) in [5.41, 5.74) is 5.09. The summed E-state index contributed by atoms with van der Waals surface area (Å²) in [7, 11) is 0. The highest BCUT2D eigenvalue weighted by Gasteiger charge is 2.11. The van der Waals surface area contributed by atoms with Gasteiger partial charge in [-0.1, -0.05) is 18.2 Å². The molecule has 0 atom stereocenters.